The molecule has 2 heterocycles. The summed E-state index contributed by atoms with van der Waals surface area (Å²) in [6.45, 7) is 0. The van der Waals surface area contributed by atoms with Crippen molar-refractivity contribution in [3.8, 4) is 5.69 Å². The Bertz CT molecular complexity index is 1000. The van der Waals surface area contributed by atoms with E-state index in [2.05, 4.69) is 9.97 Å². The van der Waals surface area contributed by atoms with Crippen LogP contribution in [0.2, 0.25) is 5.02 Å². The molecule has 1 aliphatic rings. The van der Waals surface area contributed by atoms with Crippen molar-refractivity contribution >= 4 is 22.5 Å². The lowest BCUT2D eigenvalue weighted by Crippen LogP contribution is -2.29. The molecule has 0 amide bonds. The van der Waals surface area contributed by atoms with Crippen molar-refractivity contribution < 1.29 is 4.39 Å². The zero-order valence-corrected chi connectivity index (χ0v) is 14.1. The fourth-order valence-corrected chi connectivity index (χ4v) is 3.27. The first-order valence-corrected chi connectivity index (χ1v) is 8.50. The van der Waals surface area contributed by atoms with Gasteiger partial charge in [-0.2, -0.15) is 0 Å². The van der Waals surface area contributed by atoms with E-state index in [1.54, 1.807) is 24.5 Å². The Hall–Kier alpha value is -2.31. The molecule has 1 saturated carbocycles. The summed E-state index contributed by atoms with van der Waals surface area (Å²) in [5, 5.41) is 0.210. The number of nitrogens with two attached hydrogens (primary N) is 1. The van der Waals surface area contributed by atoms with Crippen LogP contribution in [-0.4, -0.2) is 14.5 Å². The summed E-state index contributed by atoms with van der Waals surface area (Å²) >= 11 is 6.15. The van der Waals surface area contributed by atoms with Gasteiger partial charge in [-0.05, 0) is 36.6 Å². The summed E-state index contributed by atoms with van der Waals surface area (Å²) in [5.41, 5.74) is 6.37. The van der Waals surface area contributed by atoms with Crippen LogP contribution < -0.4 is 11.3 Å². The fraction of sp³-hybridized carbons (Fsp3) is 0.278. The van der Waals surface area contributed by atoms with Gasteiger partial charge in [0.15, 0.2) is 0 Å². The molecule has 2 aromatic heterocycles. The molecule has 5 nitrogen and oxygen atoms in total. The van der Waals surface area contributed by atoms with Gasteiger partial charge in [-0.1, -0.05) is 24.4 Å². The predicted molar refractivity (Wildman–Crippen MR) is 94.4 cm³/mol. The average molecular weight is 359 g/mol. The van der Waals surface area contributed by atoms with Gasteiger partial charge in [0.05, 0.1) is 28.3 Å². The lowest BCUT2D eigenvalue weighted by molar-refractivity contribution is 0.550. The molecule has 0 bridgehead atoms. The van der Waals surface area contributed by atoms with Crippen LogP contribution in [0.1, 0.15) is 31.1 Å². The largest absolute Gasteiger partial charge is 0.321 e. The Morgan fingerprint density at radius 3 is 2.84 bits per heavy atom. The third kappa shape index (κ3) is 2.92. The summed E-state index contributed by atoms with van der Waals surface area (Å²) in [4.78, 5) is 21.6. The van der Waals surface area contributed by atoms with Crippen molar-refractivity contribution in [3.05, 3.63) is 63.7 Å². The highest BCUT2D eigenvalue weighted by atomic mass is 35.5. The molecule has 4 rings (SSSR count). The van der Waals surface area contributed by atoms with E-state index < -0.39 is 17.4 Å². The zero-order chi connectivity index (χ0) is 17.6. The van der Waals surface area contributed by atoms with Gasteiger partial charge >= 0.3 is 0 Å². The number of halogens is 2. The lowest BCUT2D eigenvalue weighted by Gasteiger charge is -2.18. The molecular weight excluding hydrogens is 343 g/mol. The molecule has 1 atom stereocenters. The predicted octanol–water partition coefficient (Wildman–Crippen LogP) is 3.37. The summed E-state index contributed by atoms with van der Waals surface area (Å²) in [6.07, 6.45) is 6.12. The summed E-state index contributed by atoms with van der Waals surface area (Å²) in [7, 11) is 0. The second-order valence-corrected chi connectivity index (χ2v) is 6.77. The molecule has 0 radical (unpaired) electrons. The summed E-state index contributed by atoms with van der Waals surface area (Å²) < 4.78 is 15.7. The van der Waals surface area contributed by atoms with E-state index in [0.717, 1.165) is 12.8 Å². The highest BCUT2D eigenvalue weighted by molar-refractivity contribution is 6.35. The molecule has 2 N–H and O–H groups in total. The highest BCUT2D eigenvalue weighted by Gasteiger charge is 2.28. The Labute approximate surface area is 148 Å². The first kappa shape index (κ1) is 16.2. The molecule has 1 fully saturated rings. The number of fused-ring (bicyclic) bond motifs is 1. The van der Waals surface area contributed by atoms with Crippen LogP contribution in [0.5, 0.6) is 0 Å². The zero-order valence-electron chi connectivity index (χ0n) is 13.3. The molecule has 0 spiro atoms. The van der Waals surface area contributed by atoms with Crippen molar-refractivity contribution in [1.82, 2.24) is 14.5 Å². The molecule has 0 aliphatic heterocycles. The molecule has 128 valence electrons. The number of nitrogens with zero attached hydrogens (tertiary/aromatic N) is 3. The Kier molecular flexibility index (Phi) is 4.01. The van der Waals surface area contributed by atoms with Gasteiger partial charge in [0.2, 0.25) is 0 Å². The first-order valence-electron chi connectivity index (χ1n) is 8.13. The van der Waals surface area contributed by atoms with Gasteiger partial charge in [-0.15, -0.1) is 0 Å². The van der Waals surface area contributed by atoms with Crippen LogP contribution in [0.4, 0.5) is 4.39 Å². The van der Waals surface area contributed by atoms with Crippen LogP contribution >= 0.6 is 11.6 Å². The van der Waals surface area contributed by atoms with E-state index >= 15 is 0 Å². The van der Waals surface area contributed by atoms with Crippen molar-refractivity contribution in [1.29, 1.82) is 0 Å². The number of rotatable bonds is 4. The highest BCUT2D eigenvalue weighted by Crippen LogP contribution is 2.37. The lowest BCUT2D eigenvalue weighted by atomic mass is 10.1. The minimum Gasteiger partial charge on any atom is -0.321 e. The van der Waals surface area contributed by atoms with Gasteiger partial charge in [0.25, 0.3) is 5.56 Å². The summed E-state index contributed by atoms with van der Waals surface area (Å²) in [6, 6.07) is 5.56. The minimum absolute atomic E-state index is 0.0427. The molecule has 0 saturated heterocycles. The van der Waals surface area contributed by atoms with Crippen LogP contribution in [0.25, 0.3) is 16.6 Å². The first-order chi connectivity index (χ1) is 12.1. The average Bonchev–Trinajstić information content (AvgIpc) is 3.42. The minimum atomic E-state index is -0.588. The fourth-order valence-electron chi connectivity index (χ4n) is 3.04. The number of benzene rings is 1. The van der Waals surface area contributed by atoms with Gasteiger partial charge in [-0.25, -0.2) is 9.37 Å². The third-order valence-corrected chi connectivity index (χ3v) is 4.79. The summed E-state index contributed by atoms with van der Waals surface area (Å²) in [5.74, 6) is 0.280. The van der Waals surface area contributed by atoms with Gasteiger partial charge in [-0.3, -0.25) is 14.3 Å². The molecular formula is C18H16ClFN4O. The Morgan fingerprint density at radius 2 is 2.16 bits per heavy atom. The Balaban J connectivity index is 2.03. The number of hydrogen-bond donors (Lipinski definition) is 1. The van der Waals surface area contributed by atoms with E-state index in [-0.39, 0.29) is 15.9 Å². The maximum absolute atomic E-state index is 14.3. The number of aromatic nitrogens is 3. The standard InChI is InChI=1S/C18H16ClFN4O/c19-12-5-6-13(20)16-15(12)18(25)24(11-2-1-7-22-9-11)17(23-16)14(21)8-10-3-4-10/h1-2,5-7,9-10,14H,3-4,8,21H2/t14-/m0/s1. The van der Waals surface area contributed by atoms with Gasteiger partial charge in [0.1, 0.15) is 17.2 Å². The SMILES string of the molecule is N[C@@H](CC1CC1)c1nc2c(F)ccc(Cl)c2c(=O)n1-c1cccnc1. The van der Waals surface area contributed by atoms with E-state index in [9.17, 15) is 9.18 Å². The monoisotopic (exact) mass is 358 g/mol. The van der Waals surface area contributed by atoms with Crippen molar-refractivity contribution in [2.75, 3.05) is 0 Å². The molecule has 3 aromatic rings. The molecule has 0 unspecified atom stereocenters. The van der Waals surface area contributed by atoms with E-state index in [1.165, 1.54) is 16.7 Å². The van der Waals surface area contributed by atoms with Crippen molar-refractivity contribution in [2.24, 2.45) is 11.7 Å². The number of hydrogen-bond acceptors (Lipinski definition) is 4. The maximum atomic E-state index is 14.3. The topological polar surface area (TPSA) is 73.8 Å². The molecule has 1 aliphatic carbocycles. The quantitative estimate of drug-likeness (QED) is 0.776. The van der Waals surface area contributed by atoms with Crippen LogP contribution in [0, 0.1) is 11.7 Å². The number of pyridine rings is 1. The normalized spacial score (nSPS) is 15.5. The van der Waals surface area contributed by atoms with E-state index in [4.69, 9.17) is 17.3 Å². The van der Waals surface area contributed by atoms with Gasteiger partial charge < -0.3 is 5.73 Å². The van der Waals surface area contributed by atoms with E-state index in [0.29, 0.717) is 23.9 Å². The van der Waals surface area contributed by atoms with Crippen LogP contribution in [0.3, 0.4) is 0 Å². The smallest absolute Gasteiger partial charge is 0.267 e. The van der Waals surface area contributed by atoms with Crippen LogP contribution in [-0.2, 0) is 0 Å². The third-order valence-electron chi connectivity index (χ3n) is 4.47. The van der Waals surface area contributed by atoms with E-state index in [1.807, 2.05) is 0 Å². The molecule has 25 heavy (non-hydrogen) atoms. The van der Waals surface area contributed by atoms with Crippen LogP contribution in [0.15, 0.2) is 41.5 Å². The molecule has 7 heteroatoms. The second-order valence-electron chi connectivity index (χ2n) is 6.36. The maximum Gasteiger partial charge on any atom is 0.267 e. The molecule has 1 aromatic carbocycles. The van der Waals surface area contributed by atoms with Crippen molar-refractivity contribution in [2.45, 2.75) is 25.3 Å². The van der Waals surface area contributed by atoms with Crippen molar-refractivity contribution in [3.63, 3.8) is 0 Å². The van der Waals surface area contributed by atoms with Gasteiger partial charge in [0, 0.05) is 6.20 Å². The Morgan fingerprint density at radius 1 is 1.36 bits per heavy atom. The second kappa shape index (κ2) is 6.20.